The maximum atomic E-state index is 9.16. The summed E-state index contributed by atoms with van der Waals surface area (Å²) in [6.07, 6.45) is 1.20. The van der Waals surface area contributed by atoms with Crippen molar-refractivity contribution in [1.29, 1.82) is 5.26 Å². The van der Waals surface area contributed by atoms with Crippen LogP contribution in [0.15, 0.2) is 22.7 Å². The first-order valence-corrected chi connectivity index (χ1v) is 6.63. The van der Waals surface area contributed by atoms with Gasteiger partial charge in [-0.2, -0.15) is 5.26 Å². The van der Waals surface area contributed by atoms with Crippen LogP contribution in [0.3, 0.4) is 0 Å². The zero-order chi connectivity index (χ0) is 12.3. The Bertz CT molecular complexity index is 439. The average molecular weight is 294 g/mol. The fraction of sp³-hybridized carbons (Fsp3) is 0.462. The number of anilines is 1. The molecule has 1 aromatic rings. The molecule has 17 heavy (non-hydrogen) atoms. The first kappa shape index (κ1) is 12.4. The van der Waals surface area contributed by atoms with Crippen LogP contribution in [0.25, 0.3) is 0 Å². The van der Waals surface area contributed by atoms with Crippen LogP contribution in [0.4, 0.5) is 5.69 Å². The van der Waals surface area contributed by atoms with Gasteiger partial charge in [0.1, 0.15) is 6.07 Å². The van der Waals surface area contributed by atoms with Gasteiger partial charge < -0.3 is 10.2 Å². The number of hydrogen-bond acceptors (Lipinski definition) is 3. The second-order valence-electron chi connectivity index (χ2n) is 4.43. The summed E-state index contributed by atoms with van der Waals surface area (Å²) in [6.45, 7) is 3.13. The minimum atomic E-state index is 0.690. The number of benzene rings is 1. The second kappa shape index (κ2) is 5.52. The molecule has 0 amide bonds. The summed E-state index contributed by atoms with van der Waals surface area (Å²) >= 11 is 3.40. The van der Waals surface area contributed by atoms with Gasteiger partial charge in [-0.1, -0.05) is 15.9 Å². The zero-order valence-electron chi connectivity index (χ0n) is 9.91. The highest BCUT2D eigenvalue weighted by Crippen LogP contribution is 2.28. The molecule has 1 aliphatic heterocycles. The lowest BCUT2D eigenvalue weighted by atomic mass is 10.1. The van der Waals surface area contributed by atoms with Crippen LogP contribution in [0.2, 0.25) is 0 Å². The van der Waals surface area contributed by atoms with E-state index in [1.165, 1.54) is 6.42 Å². The van der Waals surface area contributed by atoms with Gasteiger partial charge in [-0.05, 0) is 44.1 Å². The third-order valence-electron chi connectivity index (χ3n) is 3.20. The molecule has 2 rings (SSSR count). The van der Waals surface area contributed by atoms with Gasteiger partial charge in [0, 0.05) is 17.6 Å². The van der Waals surface area contributed by atoms with Crippen molar-refractivity contribution >= 4 is 21.6 Å². The van der Waals surface area contributed by atoms with Gasteiger partial charge in [0.05, 0.1) is 11.3 Å². The van der Waals surface area contributed by atoms with Crippen molar-refractivity contribution in [3.63, 3.8) is 0 Å². The molecule has 1 saturated heterocycles. The summed E-state index contributed by atoms with van der Waals surface area (Å²) in [5.74, 6) is 0.690. The van der Waals surface area contributed by atoms with Gasteiger partial charge in [0.15, 0.2) is 0 Å². The molecule has 1 atom stereocenters. The molecule has 1 heterocycles. The highest BCUT2D eigenvalue weighted by atomic mass is 79.9. The number of halogens is 1. The van der Waals surface area contributed by atoms with Crippen molar-refractivity contribution < 1.29 is 0 Å². The molecule has 0 aromatic heterocycles. The van der Waals surface area contributed by atoms with Gasteiger partial charge in [0.25, 0.3) is 0 Å². The molecule has 1 N–H and O–H groups in total. The predicted molar refractivity (Wildman–Crippen MR) is 73.1 cm³/mol. The molecule has 0 saturated carbocycles. The van der Waals surface area contributed by atoms with Crippen LogP contribution in [-0.2, 0) is 0 Å². The Balaban J connectivity index is 2.16. The van der Waals surface area contributed by atoms with Crippen molar-refractivity contribution in [3.8, 4) is 6.07 Å². The number of nitrogens with zero attached hydrogens (tertiary/aromatic N) is 2. The average Bonchev–Trinajstić information content (AvgIpc) is 2.78. The Kier molecular flexibility index (Phi) is 4.03. The fourth-order valence-corrected chi connectivity index (χ4v) is 2.74. The van der Waals surface area contributed by atoms with E-state index in [2.05, 4.69) is 32.2 Å². The van der Waals surface area contributed by atoms with E-state index in [4.69, 9.17) is 5.26 Å². The summed E-state index contributed by atoms with van der Waals surface area (Å²) in [4.78, 5) is 2.31. The third kappa shape index (κ3) is 2.80. The summed E-state index contributed by atoms with van der Waals surface area (Å²) < 4.78 is 0.962. The third-order valence-corrected chi connectivity index (χ3v) is 3.69. The van der Waals surface area contributed by atoms with Crippen LogP contribution in [0, 0.1) is 17.2 Å². The highest BCUT2D eigenvalue weighted by Gasteiger charge is 2.23. The fourth-order valence-electron chi connectivity index (χ4n) is 2.38. The van der Waals surface area contributed by atoms with E-state index in [0.29, 0.717) is 5.92 Å². The molecule has 1 aliphatic rings. The second-order valence-corrected chi connectivity index (χ2v) is 5.35. The summed E-state index contributed by atoms with van der Waals surface area (Å²) in [6, 6.07) is 8.20. The zero-order valence-corrected chi connectivity index (χ0v) is 11.5. The lowest BCUT2D eigenvalue weighted by Crippen LogP contribution is -2.24. The lowest BCUT2D eigenvalue weighted by Gasteiger charge is -2.20. The summed E-state index contributed by atoms with van der Waals surface area (Å²) in [5.41, 5.74) is 1.82. The Labute approximate surface area is 111 Å². The molecule has 1 aromatic carbocycles. The Morgan fingerprint density at radius 2 is 2.41 bits per heavy atom. The van der Waals surface area contributed by atoms with E-state index in [1.54, 1.807) is 0 Å². The topological polar surface area (TPSA) is 39.1 Å². The molecular formula is C13H16BrN3. The Morgan fingerprint density at radius 3 is 3.12 bits per heavy atom. The van der Waals surface area contributed by atoms with Gasteiger partial charge in [-0.3, -0.25) is 0 Å². The van der Waals surface area contributed by atoms with Gasteiger partial charge >= 0.3 is 0 Å². The number of hydrogen-bond donors (Lipinski definition) is 1. The van der Waals surface area contributed by atoms with Crippen molar-refractivity contribution in [2.45, 2.75) is 6.42 Å². The predicted octanol–water partition coefficient (Wildman–Crippen LogP) is 2.37. The maximum Gasteiger partial charge on any atom is 0.101 e. The molecule has 0 aliphatic carbocycles. The van der Waals surface area contributed by atoms with E-state index < -0.39 is 0 Å². The largest absolute Gasteiger partial charge is 0.370 e. The smallest absolute Gasteiger partial charge is 0.101 e. The van der Waals surface area contributed by atoms with E-state index in [9.17, 15) is 0 Å². The maximum absolute atomic E-state index is 9.16. The SMILES string of the molecule is CNCC1CCN(c2ccc(Br)cc2C#N)C1. The number of nitrogens with one attached hydrogen (secondary N) is 1. The Morgan fingerprint density at radius 1 is 1.59 bits per heavy atom. The van der Waals surface area contributed by atoms with Gasteiger partial charge in [-0.25, -0.2) is 0 Å². The first-order chi connectivity index (χ1) is 8.24. The van der Waals surface area contributed by atoms with E-state index in [0.717, 1.165) is 35.4 Å². The molecular weight excluding hydrogens is 278 g/mol. The highest BCUT2D eigenvalue weighted by molar-refractivity contribution is 9.10. The standard InChI is InChI=1S/C13H16BrN3/c1-16-8-10-4-5-17(9-10)13-3-2-12(14)6-11(13)7-15/h2-3,6,10,16H,4-5,8-9H2,1H3. The monoisotopic (exact) mass is 293 g/mol. The van der Waals surface area contributed by atoms with Crippen LogP contribution in [-0.4, -0.2) is 26.7 Å². The summed E-state index contributed by atoms with van der Waals surface area (Å²) in [5, 5.41) is 12.4. The molecule has 3 nitrogen and oxygen atoms in total. The first-order valence-electron chi connectivity index (χ1n) is 5.83. The van der Waals surface area contributed by atoms with Crippen molar-refractivity contribution in [2.24, 2.45) is 5.92 Å². The van der Waals surface area contributed by atoms with Gasteiger partial charge in [0.2, 0.25) is 0 Å². The minimum Gasteiger partial charge on any atom is -0.370 e. The molecule has 1 unspecified atom stereocenters. The van der Waals surface area contributed by atoms with Crippen LogP contribution >= 0.6 is 15.9 Å². The van der Waals surface area contributed by atoms with E-state index in [-0.39, 0.29) is 0 Å². The lowest BCUT2D eigenvalue weighted by molar-refractivity contribution is 0.549. The van der Waals surface area contributed by atoms with E-state index in [1.807, 2.05) is 25.2 Å². The van der Waals surface area contributed by atoms with Gasteiger partial charge in [-0.15, -0.1) is 0 Å². The molecule has 0 bridgehead atoms. The van der Waals surface area contributed by atoms with Crippen molar-refractivity contribution in [2.75, 3.05) is 31.6 Å². The Hall–Kier alpha value is -1.05. The van der Waals surface area contributed by atoms with Crippen LogP contribution in [0.5, 0.6) is 0 Å². The number of rotatable bonds is 3. The molecule has 4 heteroatoms. The molecule has 0 spiro atoms. The summed E-state index contributed by atoms with van der Waals surface area (Å²) in [7, 11) is 1.99. The molecule has 90 valence electrons. The van der Waals surface area contributed by atoms with Crippen LogP contribution in [0.1, 0.15) is 12.0 Å². The van der Waals surface area contributed by atoms with Crippen molar-refractivity contribution in [3.05, 3.63) is 28.2 Å². The quantitative estimate of drug-likeness (QED) is 0.930. The minimum absolute atomic E-state index is 0.690. The van der Waals surface area contributed by atoms with Crippen molar-refractivity contribution in [1.82, 2.24) is 5.32 Å². The molecule has 1 fully saturated rings. The molecule has 0 radical (unpaired) electrons. The normalized spacial score (nSPS) is 19.4. The van der Waals surface area contributed by atoms with E-state index >= 15 is 0 Å². The van der Waals surface area contributed by atoms with Crippen LogP contribution < -0.4 is 10.2 Å². The number of nitriles is 1.